The molecule has 1 N–H and O–H groups in total. The van der Waals surface area contributed by atoms with Gasteiger partial charge in [-0.15, -0.1) is 17.5 Å². The molecule has 0 bridgehead atoms. The molecule has 0 atom stereocenters. The standard InChI is InChI=1S/C17H19FN6.ClH/c18-15-5-1-3-14(13-15)4-2-8-19-9-6-16-7-10-20-17(22-16)24-12-11-21-23-24;/h1,3,5,7,10-13,19H,2,4,6,8-9H2;1H. The Morgan fingerprint density at radius 3 is 2.80 bits per heavy atom. The molecule has 0 amide bonds. The lowest BCUT2D eigenvalue weighted by molar-refractivity contribution is 0.619. The highest BCUT2D eigenvalue weighted by Crippen LogP contribution is 2.05. The number of aryl methyl sites for hydroxylation is 1. The zero-order chi connectivity index (χ0) is 16.6. The molecule has 0 aliphatic rings. The lowest BCUT2D eigenvalue weighted by Crippen LogP contribution is -2.19. The van der Waals surface area contributed by atoms with Crippen LogP contribution in [0.2, 0.25) is 0 Å². The largest absolute Gasteiger partial charge is 0.316 e. The van der Waals surface area contributed by atoms with Crippen LogP contribution in [-0.2, 0) is 12.8 Å². The maximum atomic E-state index is 13.1. The SMILES string of the molecule is Cl.Fc1cccc(CCCNCCc2ccnc(-n3ccnn3)n2)c1. The predicted octanol–water partition coefficient (Wildman–Crippen LogP) is 2.38. The first kappa shape index (κ1) is 19.0. The van der Waals surface area contributed by atoms with E-state index in [1.165, 1.54) is 10.7 Å². The summed E-state index contributed by atoms with van der Waals surface area (Å²) in [5.41, 5.74) is 1.98. The molecule has 3 aromatic rings. The van der Waals surface area contributed by atoms with E-state index in [1.807, 2.05) is 12.1 Å². The second kappa shape index (κ2) is 9.80. The first-order chi connectivity index (χ1) is 11.8. The molecule has 0 saturated carbocycles. The van der Waals surface area contributed by atoms with Crippen molar-refractivity contribution in [1.29, 1.82) is 0 Å². The van der Waals surface area contributed by atoms with E-state index in [4.69, 9.17) is 0 Å². The number of hydrogen-bond acceptors (Lipinski definition) is 5. The van der Waals surface area contributed by atoms with Gasteiger partial charge in [-0.05, 0) is 43.1 Å². The molecule has 0 unspecified atom stereocenters. The van der Waals surface area contributed by atoms with Gasteiger partial charge in [-0.1, -0.05) is 17.3 Å². The van der Waals surface area contributed by atoms with Gasteiger partial charge in [0.05, 0.1) is 12.4 Å². The number of benzene rings is 1. The van der Waals surface area contributed by atoms with Gasteiger partial charge in [-0.2, -0.15) is 4.68 Å². The van der Waals surface area contributed by atoms with Gasteiger partial charge in [-0.25, -0.2) is 14.4 Å². The first-order valence-electron chi connectivity index (χ1n) is 7.95. The molecule has 1 aromatic carbocycles. The molecule has 2 aromatic heterocycles. The molecule has 0 spiro atoms. The number of aromatic nitrogens is 5. The second-order valence-electron chi connectivity index (χ2n) is 5.43. The Kier molecular flexibility index (Phi) is 7.43. The van der Waals surface area contributed by atoms with Crippen molar-refractivity contribution in [1.82, 2.24) is 30.3 Å². The molecule has 3 rings (SSSR count). The lowest BCUT2D eigenvalue weighted by Gasteiger charge is -2.06. The number of nitrogens with zero attached hydrogens (tertiary/aromatic N) is 5. The maximum absolute atomic E-state index is 13.1. The molecule has 0 aliphatic carbocycles. The molecule has 25 heavy (non-hydrogen) atoms. The van der Waals surface area contributed by atoms with Crippen LogP contribution in [0.15, 0.2) is 48.9 Å². The van der Waals surface area contributed by atoms with E-state index in [-0.39, 0.29) is 18.2 Å². The van der Waals surface area contributed by atoms with E-state index in [9.17, 15) is 4.39 Å². The third-order valence-corrected chi connectivity index (χ3v) is 3.59. The van der Waals surface area contributed by atoms with Crippen LogP contribution in [0.25, 0.3) is 5.95 Å². The van der Waals surface area contributed by atoms with Crippen LogP contribution in [0.5, 0.6) is 0 Å². The highest BCUT2D eigenvalue weighted by atomic mass is 35.5. The van der Waals surface area contributed by atoms with Gasteiger partial charge in [0, 0.05) is 24.9 Å². The molecular formula is C17H20ClFN6. The highest BCUT2D eigenvalue weighted by Gasteiger charge is 2.02. The summed E-state index contributed by atoms with van der Waals surface area (Å²) in [5.74, 6) is 0.350. The number of hydrogen-bond donors (Lipinski definition) is 1. The highest BCUT2D eigenvalue weighted by molar-refractivity contribution is 5.85. The molecule has 0 aliphatic heterocycles. The van der Waals surface area contributed by atoms with E-state index in [0.717, 1.165) is 43.6 Å². The zero-order valence-electron chi connectivity index (χ0n) is 13.7. The second-order valence-corrected chi connectivity index (χ2v) is 5.43. The number of nitrogens with one attached hydrogen (secondary N) is 1. The first-order valence-corrected chi connectivity index (χ1v) is 7.95. The average Bonchev–Trinajstić information content (AvgIpc) is 3.13. The smallest absolute Gasteiger partial charge is 0.252 e. The third-order valence-electron chi connectivity index (χ3n) is 3.59. The molecule has 0 radical (unpaired) electrons. The maximum Gasteiger partial charge on any atom is 0.252 e. The summed E-state index contributed by atoms with van der Waals surface area (Å²) in [5, 5.41) is 11.0. The molecule has 132 valence electrons. The van der Waals surface area contributed by atoms with Gasteiger partial charge in [0.2, 0.25) is 0 Å². The van der Waals surface area contributed by atoms with E-state index in [0.29, 0.717) is 5.95 Å². The molecular weight excluding hydrogens is 343 g/mol. The van der Waals surface area contributed by atoms with Crippen molar-refractivity contribution in [2.45, 2.75) is 19.3 Å². The Morgan fingerprint density at radius 1 is 1.08 bits per heavy atom. The Balaban J connectivity index is 0.00000225. The molecule has 0 saturated heterocycles. The van der Waals surface area contributed by atoms with Gasteiger partial charge < -0.3 is 5.32 Å². The summed E-state index contributed by atoms with van der Waals surface area (Å²) in [6, 6.07) is 8.66. The van der Waals surface area contributed by atoms with Crippen LogP contribution in [-0.4, -0.2) is 38.1 Å². The van der Waals surface area contributed by atoms with Crippen LogP contribution < -0.4 is 5.32 Å². The van der Waals surface area contributed by atoms with Gasteiger partial charge in [0.1, 0.15) is 5.82 Å². The van der Waals surface area contributed by atoms with Crippen LogP contribution in [0.1, 0.15) is 17.7 Å². The minimum absolute atomic E-state index is 0. The van der Waals surface area contributed by atoms with Crippen molar-refractivity contribution in [3.05, 3.63) is 66.0 Å². The van der Waals surface area contributed by atoms with Gasteiger partial charge >= 0.3 is 0 Å². The summed E-state index contributed by atoms with van der Waals surface area (Å²) in [7, 11) is 0. The summed E-state index contributed by atoms with van der Waals surface area (Å²) in [4.78, 5) is 8.64. The Bertz CT molecular complexity index is 765. The Hall–Kier alpha value is -2.38. The van der Waals surface area contributed by atoms with E-state index in [2.05, 4.69) is 25.6 Å². The molecule has 0 fully saturated rings. The van der Waals surface area contributed by atoms with Crippen molar-refractivity contribution < 1.29 is 4.39 Å². The van der Waals surface area contributed by atoms with Gasteiger partial charge in [0.25, 0.3) is 5.95 Å². The van der Waals surface area contributed by atoms with E-state index < -0.39 is 0 Å². The van der Waals surface area contributed by atoms with Crippen molar-refractivity contribution in [3.63, 3.8) is 0 Å². The summed E-state index contributed by atoms with van der Waals surface area (Å²) < 4.78 is 14.6. The molecule has 8 heteroatoms. The van der Waals surface area contributed by atoms with Gasteiger partial charge in [-0.3, -0.25) is 0 Å². The van der Waals surface area contributed by atoms with Crippen molar-refractivity contribution in [2.24, 2.45) is 0 Å². The zero-order valence-corrected chi connectivity index (χ0v) is 14.5. The fraction of sp³-hybridized carbons (Fsp3) is 0.294. The van der Waals surface area contributed by atoms with Crippen molar-refractivity contribution in [3.8, 4) is 5.95 Å². The summed E-state index contributed by atoms with van der Waals surface area (Å²) in [6.45, 7) is 1.72. The molecule has 6 nitrogen and oxygen atoms in total. The summed E-state index contributed by atoms with van der Waals surface area (Å²) >= 11 is 0. The summed E-state index contributed by atoms with van der Waals surface area (Å²) in [6.07, 6.45) is 7.68. The van der Waals surface area contributed by atoms with Crippen molar-refractivity contribution in [2.75, 3.05) is 13.1 Å². The number of rotatable bonds is 8. The average molecular weight is 363 g/mol. The van der Waals surface area contributed by atoms with E-state index >= 15 is 0 Å². The monoisotopic (exact) mass is 362 g/mol. The molecule has 2 heterocycles. The van der Waals surface area contributed by atoms with Crippen LogP contribution >= 0.6 is 12.4 Å². The van der Waals surface area contributed by atoms with Crippen LogP contribution in [0, 0.1) is 5.82 Å². The van der Waals surface area contributed by atoms with E-state index in [1.54, 1.807) is 30.7 Å². The van der Waals surface area contributed by atoms with Crippen molar-refractivity contribution >= 4 is 12.4 Å². The van der Waals surface area contributed by atoms with Crippen LogP contribution in [0.3, 0.4) is 0 Å². The van der Waals surface area contributed by atoms with Gasteiger partial charge in [0.15, 0.2) is 0 Å². The topological polar surface area (TPSA) is 68.5 Å². The minimum atomic E-state index is -0.174. The fourth-order valence-corrected chi connectivity index (χ4v) is 2.40. The van der Waals surface area contributed by atoms with Crippen LogP contribution in [0.4, 0.5) is 4.39 Å². The third kappa shape index (κ3) is 5.88. The Morgan fingerprint density at radius 2 is 2.00 bits per heavy atom. The Labute approximate surface area is 151 Å². The fourth-order valence-electron chi connectivity index (χ4n) is 2.40. The normalized spacial score (nSPS) is 10.4. The lowest BCUT2D eigenvalue weighted by atomic mass is 10.1. The number of halogens is 2. The quantitative estimate of drug-likeness (QED) is 0.623. The minimum Gasteiger partial charge on any atom is -0.316 e. The predicted molar refractivity (Wildman–Crippen MR) is 95.5 cm³/mol.